The summed E-state index contributed by atoms with van der Waals surface area (Å²) in [6.07, 6.45) is 6.39. The number of rotatable bonds is 17. The molecule has 0 unspecified atom stereocenters. The van der Waals surface area contributed by atoms with Crippen molar-refractivity contribution < 1.29 is 28.1 Å². The van der Waals surface area contributed by atoms with Gasteiger partial charge in [0, 0.05) is 30.5 Å². The lowest BCUT2D eigenvalue weighted by molar-refractivity contribution is -0.152. The third kappa shape index (κ3) is 8.24. The fourth-order valence-electron chi connectivity index (χ4n) is 6.54. The minimum absolute atomic E-state index is 0.191. The summed E-state index contributed by atoms with van der Waals surface area (Å²) in [5, 5.41) is 7.23. The number of carbonyl (C=O) groups is 2. The number of carbonyl (C=O) groups excluding carboxylic acids is 2. The van der Waals surface area contributed by atoms with E-state index in [4.69, 9.17) is 14.1 Å². The van der Waals surface area contributed by atoms with Crippen LogP contribution in [0.4, 0.5) is 4.39 Å². The zero-order valence-electron chi connectivity index (χ0n) is 28.8. The van der Waals surface area contributed by atoms with Crippen molar-refractivity contribution in [2.24, 2.45) is 0 Å². The van der Waals surface area contributed by atoms with Crippen LogP contribution in [0.1, 0.15) is 79.5 Å². The molecule has 4 aromatic carbocycles. The Morgan fingerprint density at radius 2 is 1.45 bits per heavy atom. The number of aryl methyl sites for hydroxylation is 1. The zero-order chi connectivity index (χ0) is 35.5. The van der Waals surface area contributed by atoms with E-state index in [0.29, 0.717) is 54.9 Å². The van der Waals surface area contributed by atoms with E-state index < -0.39 is 17.0 Å². The van der Waals surface area contributed by atoms with E-state index in [0.717, 1.165) is 42.4 Å². The Balaban J connectivity index is 0.966. The number of benzene rings is 4. The molecule has 0 spiro atoms. The molecule has 0 bridgehead atoms. The van der Waals surface area contributed by atoms with Crippen molar-refractivity contribution in [3.63, 3.8) is 0 Å². The molecule has 10 heteroatoms. The summed E-state index contributed by atoms with van der Waals surface area (Å²) in [7, 11) is 1.37. The van der Waals surface area contributed by atoms with Gasteiger partial charge in [-0.25, -0.2) is 9.87 Å². The van der Waals surface area contributed by atoms with Gasteiger partial charge in [-0.15, -0.1) is 0 Å². The molecular weight excluding hydrogens is 647 g/mol. The minimum atomic E-state index is -1.03. The fraction of sp³-hybridized carbons (Fsp3) is 0.317. The molecule has 2 N–H and O–H groups in total. The molecule has 9 nitrogen and oxygen atoms in total. The molecule has 0 aliphatic heterocycles. The van der Waals surface area contributed by atoms with Gasteiger partial charge in [-0.05, 0) is 54.9 Å². The first-order valence-electron chi connectivity index (χ1n) is 17.5. The smallest absolute Gasteiger partial charge is 0.326 e. The highest BCUT2D eigenvalue weighted by Crippen LogP contribution is 2.40. The number of hydrogen-bond donors (Lipinski definition) is 2. The SMILES string of the molecule is COC(=O)C1(NCc2ccc(-c3noc(CCCCCCC(=O)NOC(c4ccccc4)(c4ccccc4)c4ccccc4)n3)cc2F)CCC1. The summed E-state index contributed by atoms with van der Waals surface area (Å²) < 4.78 is 25.3. The average Bonchev–Trinajstić information content (AvgIpc) is 3.63. The molecule has 5 aromatic rings. The predicted octanol–water partition coefficient (Wildman–Crippen LogP) is 7.59. The number of hydroxylamine groups is 1. The van der Waals surface area contributed by atoms with Crippen LogP contribution in [-0.4, -0.2) is 34.7 Å². The maximum Gasteiger partial charge on any atom is 0.326 e. The molecular formula is C41H43FN4O5. The lowest BCUT2D eigenvalue weighted by Gasteiger charge is -2.39. The second-order valence-corrected chi connectivity index (χ2v) is 12.9. The van der Waals surface area contributed by atoms with Crippen LogP contribution >= 0.6 is 0 Å². The Kier molecular flexibility index (Phi) is 11.7. The first kappa shape index (κ1) is 35.6. The number of methoxy groups -OCH3 is 1. The van der Waals surface area contributed by atoms with E-state index >= 15 is 0 Å². The van der Waals surface area contributed by atoms with Crippen LogP contribution in [0.5, 0.6) is 0 Å². The van der Waals surface area contributed by atoms with E-state index in [-0.39, 0.29) is 18.4 Å². The molecule has 264 valence electrons. The lowest BCUT2D eigenvalue weighted by atomic mass is 9.76. The molecule has 1 aromatic heterocycles. The summed E-state index contributed by atoms with van der Waals surface area (Å²) in [4.78, 5) is 36.1. The third-order valence-electron chi connectivity index (χ3n) is 9.58. The maximum atomic E-state index is 15.0. The van der Waals surface area contributed by atoms with Crippen molar-refractivity contribution in [2.45, 2.75) is 75.5 Å². The second kappa shape index (κ2) is 16.7. The van der Waals surface area contributed by atoms with Gasteiger partial charge >= 0.3 is 5.97 Å². The fourth-order valence-corrected chi connectivity index (χ4v) is 6.54. The summed E-state index contributed by atoms with van der Waals surface area (Å²) in [5.41, 5.74) is 4.67. The molecule has 0 radical (unpaired) electrons. The Morgan fingerprint density at radius 1 is 0.843 bits per heavy atom. The number of ether oxygens (including phenoxy) is 1. The van der Waals surface area contributed by atoms with Gasteiger partial charge in [-0.2, -0.15) is 4.98 Å². The van der Waals surface area contributed by atoms with Crippen molar-refractivity contribution in [1.29, 1.82) is 0 Å². The van der Waals surface area contributed by atoms with Gasteiger partial charge < -0.3 is 9.26 Å². The number of amides is 1. The molecule has 1 fully saturated rings. The van der Waals surface area contributed by atoms with Gasteiger partial charge in [-0.3, -0.25) is 19.7 Å². The Morgan fingerprint density at radius 3 is 2.00 bits per heavy atom. The van der Waals surface area contributed by atoms with E-state index in [1.54, 1.807) is 12.1 Å². The van der Waals surface area contributed by atoms with Crippen molar-refractivity contribution in [3.8, 4) is 11.4 Å². The number of nitrogens with zero attached hydrogens (tertiary/aromatic N) is 2. The maximum absolute atomic E-state index is 15.0. The highest BCUT2D eigenvalue weighted by atomic mass is 19.1. The van der Waals surface area contributed by atoms with Crippen molar-refractivity contribution in [1.82, 2.24) is 20.9 Å². The van der Waals surface area contributed by atoms with Crippen LogP contribution in [0.25, 0.3) is 11.4 Å². The van der Waals surface area contributed by atoms with Gasteiger partial charge in [0.1, 0.15) is 11.4 Å². The Labute approximate surface area is 297 Å². The first-order chi connectivity index (χ1) is 24.9. The van der Waals surface area contributed by atoms with Crippen molar-refractivity contribution in [3.05, 3.63) is 143 Å². The molecule has 0 saturated heterocycles. The van der Waals surface area contributed by atoms with Crippen LogP contribution in [0.15, 0.2) is 114 Å². The zero-order valence-corrected chi connectivity index (χ0v) is 28.8. The Hall–Kier alpha value is -5.19. The van der Waals surface area contributed by atoms with Crippen molar-refractivity contribution in [2.75, 3.05) is 7.11 Å². The largest absolute Gasteiger partial charge is 0.468 e. The number of esters is 1. The summed E-state index contributed by atoms with van der Waals surface area (Å²) in [5.74, 6) is -0.113. The molecule has 1 amide bonds. The standard InChI is InChI=1S/C41H43FN4O5/c1-49-39(48)40(26-15-27-40)43-29-31-25-24-30(28-35(31)42)38-44-37(50-46-38)23-14-3-2-13-22-36(47)45-51-41(32-16-7-4-8-17-32,33-18-9-5-10-19-33)34-20-11-6-12-21-34/h4-12,16-21,24-25,28,43H,2-3,13-15,22-23,26-27,29H2,1H3,(H,45,47). The van der Waals surface area contributed by atoms with E-state index in [9.17, 15) is 14.0 Å². The van der Waals surface area contributed by atoms with Gasteiger partial charge in [0.15, 0.2) is 5.60 Å². The molecule has 1 heterocycles. The summed E-state index contributed by atoms with van der Waals surface area (Å²) in [6, 6.07) is 34.5. The summed E-state index contributed by atoms with van der Waals surface area (Å²) in [6.45, 7) is 0.212. The van der Waals surface area contributed by atoms with E-state index in [2.05, 4.69) is 20.9 Å². The highest BCUT2D eigenvalue weighted by Gasteiger charge is 2.45. The number of halogens is 1. The molecule has 6 rings (SSSR count). The molecule has 1 saturated carbocycles. The molecule has 1 aliphatic carbocycles. The third-order valence-corrected chi connectivity index (χ3v) is 9.58. The monoisotopic (exact) mass is 690 g/mol. The summed E-state index contributed by atoms with van der Waals surface area (Å²) >= 11 is 0. The number of unbranched alkanes of at least 4 members (excludes halogenated alkanes) is 3. The van der Waals surface area contributed by atoms with Gasteiger partial charge in [0.2, 0.25) is 17.6 Å². The quantitative estimate of drug-likeness (QED) is 0.0444. The predicted molar refractivity (Wildman–Crippen MR) is 190 cm³/mol. The van der Waals surface area contributed by atoms with Crippen LogP contribution in [0.3, 0.4) is 0 Å². The van der Waals surface area contributed by atoms with Crippen LogP contribution in [0, 0.1) is 5.82 Å². The minimum Gasteiger partial charge on any atom is -0.468 e. The normalized spacial score (nSPS) is 13.7. The van der Waals surface area contributed by atoms with Crippen LogP contribution < -0.4 is 10.8 Å². The van der Waals surface area contributed by atoms with E-state index in [1.807, 2.05) is 91.0 Å². The van der Waals surface area contributed by atoms with Gasteiger partial charge in [0.05, 0.1) is 7.11 Å². The van der Waals surface area contributed by atoms with Crippen LogP contribution in [-0.2, 0) is 37.7 Å². The number of nitrogens with one attached hydrogen (secondary N) is 2. The lowest BCUT2D eigenvalue weighted by Crippen LogP contribution is -2.57. The second-order valence-electron chi connectivity index (χ2n) is 12.9. The van der Waals surface area contributed by atoms with Crippen LogP contribution in [0.2, 0.25) is 0 Å². The molecule has 0 atom stereocenters. The molecule has 51 heavy (non-hydrogen) atoms. The topological polar surface area (TPSA) is 116 Å². The van der Waals surface area contributed by atoms with E-state index in [1.165, 1.54) is 13.2 Å². The molecule has 1 aliphatic rings. The number of hydrogen-bond acceptors (Lipinski definition) is 8. The van der Waals surface area contributed by atoms with Crippen molar-refractivity contribution >= 4 is 11.9 Å². The number of aromatic nitrogens is 2. The highest BCUT2D eigenvalue weighted by molar-refractivity contribution is 5.82. The van der Waals surface area contributed by atoms with Gasteiger partial charge in [0.25, 0.3) is 0 Å². The van der Waals surface area contributed by atoms with Gasteiger partial charge in [-0.1, -0.05) is 121 Å². The average molecular weight is 691 g/mol. The Bertz CT molecular complexity index is 1780. The first-order valence-corrected chi connectivity index (χ1v) is 17.5.